The molecule has 0 aliphatic rings. The quantitative estimate of drug-likeness (QED) is 0.335. The zero-order chi connectivity index (χ0) is 19.2. The fourth-order valence-corrected chi connectivity index (χ4v) is 2.55. The number of aliphatic imine (C=N–C) groups is 1. The van der Waals surface area contributed by atoms with Crippen LogP contribution in [0.2, 0.25) is 0 Å². The minimum atomic E-state index is 0. The maximum Gasteiger partial charge on any atom is 0.214 e. The van der Waals surface area contributed by atoms with Crippen LogP contribution in [0.15, 0.2) is 33.7 Å². The fraction of sp³-hybridized carbons (Fsp3) is 0.524. The van der Waals surface area contributed by atoms with Crippen molar-refractivity contribution in [1.82, 2.24) is 15.6 Å². The third-order valence-corrected chi connectivity index (χ3v) is 4.86. The summed E-state index contributed by atoms with van der Waals surface area (Å²) in [4.78, 5) is 9.05. The smallest absolute Gasteiger partial charge is 0.214 e. The average molecular weight is 484 g/mol. The second kappa shape index (κ2) is 10.7. The van der Waals surface area contributed by atoms with Crippen LogP contribution < -0.4 is 10.6 Å². The Labute approximate surface area is 180 Å². The van der Waals surface area contributed by atoms with Crippen LogP contribution in [-0.2, 0) is 18.5 Å². The lowest BCUT2D eigenvalue weighted by atomic mass is 9.82. The minimum absolute atomic E-state index is 0. The topological polar surface area (TPSA) is 62.5 Å². The minimum Gasteiger partial charge on any atom is -0.444 e. The Morgan fingerprint density at radius 2 is 1.78 bits per heavy atom. The van der Waals surface area contributed by atoms with Crippen molar-refractivity contribution in [3.8, 4) is 0 Å². The van der Waals surface area contributed by atoms with Gasteiger partial charge in [-0.3, -0.25) is 0 Å². The molecule has 0 spiro atoms. The summed E-state index contributed by atoms with van der Waals surface area (Å²) in [5.41, 5.74) is 3.71. The number of halogens is 1. The summed E-state index contributed by atoms with van der Waals surface area (Å²) in [6.07, 6.45) is 1.12. The van der Waals surface area contributed by atoms with E-state index >= 15 is 0 Å². The first-order valence-electron chi connectivity index (χ1n) is 9.40. The summed E-state index contributed by atoms with van der Waals surface area (Å²) >= 11 is 0. The Hall–Kier alpha value is -1.57. The van der Waals surface area contributed by atoms with Gasteiger partial charge < -0.3 is 15.1 Å². The third-order valence-electron chi connectivity index (χ3n) is 4.86. The predicted molar refractivity (Wildman–Crippen MR) is 123 cm³/mol. The molecule has 2 N–H and O–H groups in total. The number of benzene rings is 1. The molecule has 0 atom stereocenters. The first kappa shape index (κ1) is 23.5. The molecule has 0 saturated heterocycles. The predicted octanol–water partition coefficient (Wildman–Crippen LogP) is 4.85. The SMILES string of the molecule is CCNC(=NCc1ccc(C(C)(C)CC)cc1)NCc1nc(C)c(C)o1.I. The molecule has 5 nitrogen and oxygen atoms in total. The van der Waals surface area contributed by atoms with Gasteiger partial charge in [-0.1, -0.05) is 45.0 Å². The van der Waals surface area contributed by atoms with Crippen molar-refractivity contribution in [2.24, 2.45) is 4.99 Å². The van der Waals surface area contributed by atoms with Crippen molar-refractivity contribution in [1.29, 1.82) is 0 Å². The van der Waals surface area contributed by atoms with Crippen molar-refractivity contribution in [3.05, 3.63) is 52.7 Å². The molecular weight excluding hydrogens is 451 g/mol. The van der Waals surface area contributed by atoms with Gasteiger partial charge in [0.15, 0.2) is 5.96 Å². The maximum absolute atomic E-state index is 5.60. The van der Waals surface area contributed by atoms with Crippen molar-refractivity contribution in [3.63, 3.8) is 0 Å². The highest BCUT2D eigenvalue weighted by Gasteiger charge is 2.17. The Bertz CT molecular complexity index is 716. The zero-order valence-electron chi connectivity index (χ0n) is 17.3. The number of aryl methyl sites for hydroxylation is 2. The summed E-state index contributed by atoms with van der Waals surface area (Å²) in [6, 6.07) is 8.77. The third kappa shape index (κ3) is 6.83. The van der Waals surface area contributed by atoms with Crippen molar-refractivity contribution in [2.75, 3.05) is 6.54 Å². The van der Waals surface area contributed by atoms with E-state index in [0.29, 0.717) is 19.0 Å². The number of rotatable bonds is 7. The lowest BCUT2D eigenvalue weighted by Crippen LogP contribution is -2.36. The van der Waals surface area contributed by atoms with E-state index < -0.39 is 0 Å². The first-order chi connectivity index (χ1) is 12.4. The summed E-state index contributed by atoms with van der Waals surface area (Å²) < 4.78 is 5.60. The molecule has 2 aromatic rings. The largest absolute Gasteiger partial charge is 0.444 e. The Kier molecular flexibility index (Phi) is 9.29. The van der Waals surface area contributed by atoms with Crippen LogP contribution in [0.5, 0.6) is 0 Å². The fourth-order valence-electron chi connectivity index (χ4n) is 2.55. The van der Waals surface area contributed by atoms with Crippen LogP contribution >= 0.6 is 24.0 Å². The van der Waals surface area contributed by atoms with E-state index in [0.717, 1.165) is 30.4 Å². The number of nitrogens with zero attached hydrogens (tertiary/aromatic N) is 2. The van der Waals surface area contributed by atoms with Crippen LogP contribution in [-0.4, -0.2) is 17.5 Å². The first-order valence-corrected chi connectivity index (χ1v) is 9.40. The standard InChI is InChI=1S/C21H32N4O.HI/c1-7-21(5,6)18-11-9-17(10-12-18)13-23-20(22-8-2)24-14-19-25-15(3)16(4)26-19;/h9-12H,7-8,13-14H2,1-6H3,(H2,22,23,24);1H. The van der Waals surface area contributed by atoms with Gasteiger partial charge in [0.1, 0.15) is 5.76 Å². The number of oxazole rings is 1. The van der Waals surface area contributed by atoms with Crippen LogP contribution in [0.3, 0.4) is 0 Å². The van der Waals surface area contributed by atoms with Crippen molar-refractivity contribution in [2.45, 2.75) is 66.5 Å². The molecule has 0 saturated carbocycles. The molecule has 2 rings (SSSR count). The second-order valence-corrected chi connectivity index (χ2v) is 7.23. The summed E-state index contributed by atoms with van der Waals surface area (Å²) in [7, 11) is 0. The molecule has 0 aliphatic carbocycles. The van der Waals surface area contributed by atoms with Crippen molar-refractivity contribution < 1.29 is 4.42 Å². The molecule has 0 fully saturated rings. The molecule has 0 amide bonds. The van der Waals surface area contributed by atoms with Gasteiger partial charge in [0.25, 0.3) is 0 Å². The van der Waals surface area contributed by atoms with Crippen LogP contribution in [0.4, 0.5) is 0 Å². The van der Waals surface area contributed by atoms with E-state index in [4.69, 9.17) is 4.42 Å². The normalized spacial score (nSPS) is 11.9. The molecule has 27 heavy (non-hydrogen) atoms. The maximum atomic E-state index is 5.60. The molecular formula is C21H33IN4O. The molecule has 0 bridgehead atoms. The number of hydrogen-bond acceptors (Lipinski definition) is 3. The monoisotopic (exact) mass is 484 g/mol. The number of guanidine groups is 1. The number of aromatic nitrogens is 1. The molecule has 0 unspecified atom stereocenters. The van der Waals surface area contributed by atoms with Crippen LogP contribution in [0.1, 0.15) is 62.6 Å². The molecule has 150 valence electrons. The number of nitrogens with one attached hydrogen (secondary N) is 2. The molecule has 0 aliphatic heterocycles. The lowest BCUT2D eigenvalue weighted by Gasteiger charge is -2.23. The summed E-state index contributed by atoms with van der Waals surface area (Å²) in [6.45, 7) is 14.7. The Morgan fingerprint density at radius 1 is 1.11 bits per heavy atom. The van der Waals surface area contributed by atoms with Crippen LogP contribution in [0.25, 0.3) is 0 Å². The summed E-state index contributed by atoms with van der Waals surface area (Å²) in [5, 5.41) is 6.53. The zero-order valence-corrected chi connectivity index (χ0v) is 19.7. The molecule has 1 heterocycles. The highest BCUT2D eigenvalue weighted by Crippen LogP contribution is 2.26. The van der Waals surface area contributed by atoms with E-state index in [9.17, 15) is 0 Å². The van der Waals surface area contributed by atoms with E-state index in [1.54, 1.807) is 0 Å². The van der Waals surface area contributed by atoms with E-state index in [-0.39, 0.29) is 29.4 Å². The summed E-state index contributed by atoms with van der Waals surface area (Å²) in [5.74, 6) is 2.30. The van der Waals surface area contributed by atoms with Gasteiger partial charge in [0, 0.05) is 6.54 Å². The molecule has 1 aromatic heterocycles. The van der Waals surface area contributed by atoms with Gasteiger partial charge in [-0.15, -0.1) is 24.0 Å². The van der Waals surface area contributed by atoms with E-state index in [1.807, 2.05) is 13.8 Å². The highest BCUT2D eigenvalue weighted by atomic mass is 127. The average Bonchev–Trinajstić information content (AvgIpc) is 2.95. The lowest BCUT2D eigenvalue weighted by molar-refractivity contribution is 0.463. The molecule has 6 heteroatoms. The second-order valence-electron chi connectivity index (χ2n) is 7.23. The van der Waals surface area contributed by atoms with Crippen molar-refractivity contribution >= 4 is 29.9 Å². The van der Waals surface area contributed by atoms with Crippen LogP contribution in [0, 0.1) is 13.8 Å². The molecule has 0 radical (unpaired) electrons. The van der Waals surface area contributed by atoms with Gasteiger partial charge in [0.2, 0.25) is 5.89 Å². The Balaban J connectivity index is 0.00000364. The van der Waals surface area contributed by atoms with Gasteiger partial charge in [0.05, 0.1) is 18.8 Å². The highest BCUT2D eigenvalue weighted by molar-refractivity contribution is 14.0. The molecule has 1 aromatic carbocycles. The van der Waals surface area contributed by atoms with Gasteiger partial charge in [-0.25, -0.2) is 9.98 Å². The van der Waals surface area contributed by atoms with Gasteiger partial charge in [-0.2, -0.15) is 0 Å². The van der Waals surface area contributed by atoms with Gasteiger partial charge >= 0.3 is 0 Å². The van der Waals surface area contributed by atoms with E-state index in [1.165, 1.54) is 11.1 Å². The number of hydrogen-bond donors (Lipinski definition) is 2. The van der Waals surface area contributed by atoms with E-state index in [2.05, 4.69) is 72.6 Å². The van der Waals surface area contributed by atoms with Gasteiger partial charge in [-0.05, 0) is 43.7 Å². The Morgan fingerprint density at radius 3 is 2.30 bits per heavy atom.